The van der Waals surface area contributed by atoms with Gasteiger partial charge >= 0.3 is 0 Å². The molecule has 3 N–H and O–H groups in total. The lowest BCUT2D eigenvalue weighted by Gasteiger charge is -2.18. The van der Waals surface area contributed by atoms with Crippen LogP contribution in [0.15, 0.2) is 0 Å². The van der Waals surface area contributed by atoms with Crippen molar-refractivity contribution in [1.29, 1.82) is 0 Å². The summed E-state index contributed by atoms with van der Waals surface area (Å²) in [7, 11) is 2.09. The Morgan fingerprint density at radius 3 is 2.23 bits per heavy atom. The quantitative estimate of drug-likeness (QED) is 0.679. The molecule has 0 spiro atoms. The maximum atomic E-state index is 5.94. The summed E-state index contributed by atoms with van der Waals surface area (Å²) in [4.78, 5) is 0. The monoisotopic (exact) mass is 182 g/mol. The Balaban J connectivity index is 1.82. The van der Waals surface area contributed by atoms with Gasteiger partial charge in [-0.05, 0) is 57.4 Å². The van der Waals surface area contributed by atoms with Gasteiger partial charge in [-0.2, -0.15) is 0 Å². The highest BCUT2D eigenvalue weighted by Crippen LogP contribution is 2.39. The van der Waals surface area contributed by atoms with Crippen molar-refractivity contribution in [2.45, 2.75) is 50.6 Å². The highest BCUT2D eigenvalue weighted by atomic mass is 14.9. The zero-order valence-corrected chi connectivity index (χ0v) is 8.63. The van der Waals surface area contributed by atoms with E-state index >= 15 is 0 Å². The summed E-state index contributed by atoms with van der Waals surface area (Å²) in [5.41, 5.74) is 5.94. The lowest BCUT2D eigenvalue weighted by Crippen LogP contribution is -2.22. The molecule has 2 rings (SSSR count). The van der Waals surface area contributed by atoms with Crippen molar-refractivity contribution in [3.8, 4) is 0 Å². The lowest BCUT2D eigenvalue weighted by atomic mass is 9.89. The van der Waals surface area contributed by atoms with Crippen LogP contribution in [0, 0.1) is 11.8 Å². The van der Waals surface area contributed by atoms with Gasteiger partial charge in [0.2, 0.25) is 0 Å². The molecule has 2 nitrogen and oxygen atoms in total. The summed E-state index contributed by atoms with van der Waals surface area (Å²) in [5.74, 6) is 1.93. The van der Waals surface area contributed by atoms with Crippen LogP contribution in [0.5, 0.6) is 0 Å². The van der Waals surface area contributed by atoms with Crippen molar-refractivity contribution in [2.24, 2.45) is 17.6 Å². The highest BCUT2D eigenvalue weighted by Gasteiger charge is 2.33. The molecule has 0 aromatic rings. The van der Waals surface area contributed by atoms with Gasteiger partial charge in [-0.1, -0.05) is 0 Å². The topological polar surface area (TPSA) is 38.0 Å². The van der Waals surface area contributed by atoms with Crippen molar-refractivity contribution < 1.29 is 0 Å². The number of hydrogen-bond acceptors (Lipinski definition) is 2. The van der Waals surface area contributed by atoms with Crippen molar-refractivity contribution >= 4 is 0 Å². The van der Waals surface area contributed by atoms with Crippen LogP contribution in [0.1, 0.15) is 38.5 Å². The number of rotatable bonds is 2. The van der Waals surface area contributed by atoms with Gasteiger partial charge in [-0.15, -0.1) is 0 Å². The van der Waals surface area contributed by atoms with E-state index in [0.29, 0.717) is 6.04 Å². The Morgan fingerprint density at radius 1 is 1.00 bits per heavy atom. The third-order valence-electron chi connectivity index (χ3n) is 4.06. The van der Waals surface area contributed by atoms with Gasteiger partial charge in [0.1, 0.15) is 0 Å². The first-order valence-electron chi connectivity index (χ1n) is 5.72. The first-order chi connectivity index (χ1) is 6.29. The fourth-order valence-electron chi connectivity index (χ4n) is 3.19. The van der Waals surface area contributed by atoms with E-state index in [1.165, 1.54) is 38.5 Å². The molecule has 4 atom stereocenters. The van der Waals surface area contributed by atoms with Crippen LogP contribution in [0.3, 0.4) is 0 Å². The second kappa shape index (κ2) is 3.97. The molecule has 4 unspecified atom stereocenters. The van der Waals surface area contributed by atoms with Crippen molar-refractivity contribution in [3.05, 3.63) is 0 Å². The minimum Gasteiger partial charge on any atom is -0.328 e. The Kier molecular flexibility index (Phi) is 2.89. The molecule has 0 bridgehead atoms. The minimum absolute atomic E-state index is 0.513. The predicted molar refractivity (Wildman–Crippen MR) is 55.5 cm³/mol. The van der Waals surface area contributed by atoms with Gasteiger partial charge in [0, 0.05) is 12.1 Å². The largest absolute Gasteiger partial charge is 0.328 e. The van der Waals surface area contributed by atoms with Crippen LogP contribution in [-0.4, -0.2) is 19.1 Å². The fraction of sp³-hybridized carbons (Fsp3) is 1.00. The molecule has 2 heteroatoms. The van der Waals surface area contributed by atoms with E-state index in [0.717, 1.165) is 17.9 Å². The van der Waals surface area contributed by atoms with E-state index in [4.69, 9.17) is 5.73 Å². The average Bonchev–Trinajstić information content (AvgIpc) is 2.71. The molecule has 2 saturated carbocycles. The third-order valence-corrected chi connectivity index (χ3v) is 4.06. The molecule has 13 heavy (non-hydrogen) atoms. The fourth-order valence-corrected chi connectivity index (χ4v) is 3.19. The van der Waals surface area contributed by atoms with Crippen molar-refractivity contribution in [2.75, 3.05) is 7.05 Å². The molecule has 0 heterocycles. The van der Waals surface area contributed by atoms with Gasteiger partial charge < -0.3 is 11.1 Å². The van der Waals surface area contributed by atoms with Gasteiger partial charge in [0.25, 0.3) is 0 Å². The Labute approximate surface area is 81.3 Å². The molecule has 76 valence electrons. The maximum Gasteiger partial charge on any atom is 0.00669 e. The van der Waals surface area contributed by atoms with Crippen LogP contribution in [0.2, 0.25) is 0 Å². The molecule has 0 aliphatic heterocycles. The second-order valence-corrected chi connectivity index (χ2v) is 4.89. The van der Waals surface area contributed by atoms with Gasteiger partial charge in [0.15, 0.2) is 0 Å². The minimum atomic E-state index is 0.513. The highest BCUT2D eigenvalue weighted by molar-refractivity contribution is 4.88. The standard InChI is InChI=1S/C11H22N2/c1-13-11-5-3-9(7-11)8-2-4-10(12)6-8/h8-11,13H,2-7,12H2,1H3. The summed E-state index contributed by atoms with van der Waals surface area (Å²) in [6.07, 6.45) is 8.17. The maximum absolute atomic E-state index is 5.94. The molecule has 2 aliphatic carbocycles. The molecule has 0 aromatic carbocycles. The molecule has 0 aromatic heterocycles. The molecular weight excluding hydrogens is 160 g/mol. The third kappa shape index (κ3) is 2.05. The first-order valence-corrected chi connectivity index (χ1v) is 5.72. The van der Waals surface area contributed by atoms with Crippen LogP contribution in [0.4, 0.5) is 0 Å². The van der Waals surface area contributed by atoms with Gasteiger partial charge in [-0.25, -0.2) is 0 Å². The first kappa shape index (κ1) is 9.47. The van der Waals surface area contributed by atoms with E-state index in [2.05, 4.69) is 12.4 Å². The Bertz CT molecular complexity index is 169. The van der Waals surface area contributed by atoms with Crippen molar-refractivity contribution in [3.63, 3.8) is 0 Å². The SMILES string of the molecule is CNC1CCC(C2CCC(N)C2)C1. The van der Waals surface area contributed by atoms with E-state index in [9.17, 15) is 0 Å². The molecular formula is C11H22N2. The summed E-state index contributed by atoms with van der Waals surface area (Å²) in [5, 5.41) is 3.40. The molecule has 2 fully saturated rings. The lowest BCUT2D eigenvalue weighted by molar-refractivity contribution is 0.337. The zero-order valence-electron chi connectivity index (χ0n) is 8.63. The van der Waals surface area contributed by atoms with E-state index in [1.54, 1.807) is 0 Å². The van der Waals surface area contributed by atoms with Crippen molar-refractivity contribution in [1.82, 2.24) is 5.32 Å². The summed E-state index contributed by atoms with van der Waals surface area (Å²) >= 11 is 0. The molecule has 0 saturated heterocycles. The second-order valence-electron chi connectivity index (χ2n) is 4.89. The van der Waals surface area contributed by atoms with Crippen LogP contribution in [0.25, 0.3) is 0 Å². The van der Waals surface area contributed by atoms with E-state index < -0.39 is 0 Å². The van der Waals surface area contributed by atoms with Crippen LogP contribution in [-0.2, 0) is 0 Å². The number of hydrogen-bond donors (Lipinski definition) is 2. The van der Waals surface area contributed by atoms with Gasteiger partial charge in [-0.3, -0.25) is 0 Å². The average molecular weight is 182 g/mol. The number of nitrogens with one attached hydrogen (secondary N) is 1. The van der Waals surface area contributed by atoms with Gasteiger partial charge in [0.05, 0.1) is 0 Å². The van der Waals surface area contributed by atoms with Crippen LogP contribution < -0.4 is 11.1 Å². The normalized spacial score (nSPS) is 45.7. The summed E-state index contributed by atoms with van der Waals surface area (Å²) in [6, 6.07) is 1.31. The van der Waals surface area contributed by atoms with Crippen LogP contribution >= 0.6 is 0 Å². The Morgan fingerprint density at radius 2 is 1.69 bits per heavy atom. The summed E-state index contributed by atoms with van der Waals surface area (Å²) < 4.78 is 0. The Hall–Kier alpha value is -0.0800. The molecule has 0 radical (unpaired) electrons. The zero-order chi connectivity index (χ0) is 9.26. The molecule has 2 aliphatic rings. The number of nitrogens with two attached hydrogens (primary N) is 1. The summed E-state index contributed by atoms with van der Waals surface area (Å²) in [6.45, 7) is 0. The van der Waals surface area contributed by atoms with E-state index in [1.807, 2.05) is 0 Å². The molecule has 0 amide bonds. The predicted octanol–water partition coefficient (Wildman–Crippen LogP) is 1.50. The van der Waals surface area contributed by atoms with E-state index in [-0.39, 0.29) is 0 Å². The smallest absolute Gasteiger partial charge is 0.00669 e.